The molecule has 1 aromatic heterocycles. The van der Waals surface area contributed by atoms with Crippen molar-refractivity contribution in [3.05, 3.63) is 53.1 Å². The predicted molar refractivity (Wildman–Crippen MR) is 90.1 cm³/mol. The van der Waals surface area contributed by atoms with Crippen molar-refractivity contribution in [2.24, 2.45) is 4.99 Å². The summed E-state index contributed by atoms with van der Waals surface area (Å²) in [5.41, 5.74) is 1.97. The monoisotopic (exact) mass is 321 g/mol. The Hall–Kier alpha value is -3.40. The van der Waals surface area contributed by atoms with Crippen molar-refractivity contribution >= 4 is 17.6 Å². The minimum Gasteiger partial charge on any atom is -0.507 e. The standard InChI is InChI=1S/C17H15N5O2/c1-10-11(4-3-7-19-10)14-12(18-2)5-6-13(23)15(14)16(24)22-17-20-8-9-21-17/h3-7,23H,8-9H2,1H3,(H2,20,21,22,24). The molecule has 2 heterocycles. The zero-order chi connectivity index (χ0) is 17.1. The van der Waals surface area contributed by atoms with Gasteiger partial charge in [0.05, 0.1) is 18.7 Å². The number of amides is 1. The lowest BCUT2D eigenvalue weighted by Gasteiger charge is -2.15. The fourth-order valence-corrected chi connectivity index (χ4v) is 2.58. The van der Waals surface area contributed by atoms with E-state index in [4.69, 9.17) is 6.57 Å². The number of aliphatic imine (C=N–C) groups is 1. The maximum absolute atomic E-state index is 12.7. The summed E-state index contributed by atoms with van der Waals surface area (Å²) in [5, 5.41) is 15.8. The number of benzene rings is 1. The van der Waals surface area contributed by atoms with Crippen LogP contribution in [0.4, 0.5) is 5.69 Å². The Bertz CT molecular complexity index is 883. The van der Waals surface area contributed by atoms with E-state index < -0.39 is 5.91 Å². The fraction of sp³-hybridized carbons (Fsp3) is 0.176. The van der Waals surface area contributed by atoms with Crippen molar-refractivity contribution in [3.8, 4) is 16.9 Å². The van der Waals surface area contributed by atoms with Crippen LogP contribution < -0.4 is 10.6 Å². The van der Waals surface area contributed by atoms with Crippen LogP contribution in [0, 0.1) is 13.5 Å². The number of guanidine groups is 1. The predicted octanol–water partition coefficient (Wildman–Crippen LogP) is 2.00. The zero-order valence-electron chi connectivity index (χ0n) is 13.0. The highest BCUT2D eigenvalue weighted by Crippen LogP contribution is 2.39. The molecular weight excluding hydrogens is 306 g/mol. The molecule has 120 valence electrons. The molecule has 0 bridgehead atoms. The van der Waals surface area contributed by atoms with Crippen LogP contribution in [-0.4, -0.2) is 35.0 Å². The second-order valence-electron chi connectivity index (χ2n) is 5.21. The molecule has 7 heteroatoms. The van der Waals surface area contributed by atoms with Gasteiger partial charge in [0.15, 0.2) is 11.6 Å². The second kappa shape index (κ2) is 6.38. The Morgan fingerprint density at radius 3 is 2.92 bits per heavy atom. The summed E-state index contributed by atoms with van der Waals surface area (Å²) in [6.45, 7) is 10.4. The number of nitrogens with zero attached hydrogens (tertiary/aromatic N) is 3. The normalized spacial score (nSPS) is 12.9. The van der Waals surface area contributed by atoms with E-state index in [1.807, 2.05) is 0 Å². The van der Waals surface area contributed by atoms with Crippen molar-refractivity contribution < 1.29 is 9.90 Å². The molecule has 0 atom stereocenters. The number of aryl methyl sites for hydroxylation is 1. The summed E-state index contributed by atoms with van der Waals surface area (Å²) < 4.78 is 0. The van der Waals surface area contributed by atoms with E-state index in [0.29, 0.717) is 35.9 Å². The third-order valence-corrected chi connectivity index (χ3v) is 3.69. The first-order valence-electron chi connectivity index (χ1n) is 7.37. The summed E-state index contributed by atoms with van der Waals surface area (Å²) in [7, 11) is 0. The SMILES string of the molecule is [C-]#[N+]c1ccc(O)c(C(=O)NC2=NCCN2)c1-c1cccnc1C. The van der Waals surface area contributed by atoms with Crippen LogP contribution in [0.15, 0.2) is 35.5 Å². The van der Waals surface area contributed by atoms with Gasteiger partial charge in [-0.15, -0.1) is 0 Å². The molecule has 1 amide bonds. The number of aromatic nitrogens is 1. The molecule has 0 saturated carbocycles. The van der Waals surface area contributed by atoms with Gasteiger partial charge in [-0.1, -0.05) is 12.1 Å². The maximum Gasteiger partial charge on any atom is 0.261 e. The van der Waals surface area contributed by atoms with Gasteiger partial charge in [-0.3, -0.25) is 20.1 Å². The van der Waals surface area contributed by atoms with Crippen LogP contribution in [0.25, 0.3) is 16.0 Å². The zero-order valence-corrected chi connectivity index (χ0v) is 13.0. The number of nitrogens with one attached hydrogen (secondary N) is 2. The molecule has 2 aromatic rings. The van der Waals surface area contributed by atoms with Crippen molar-refractivity contribution in [2.45, 2.75) is 6.92 Å². The van der Waals surface area contributed by atoms with Crippen LogP contribution in [0.5, 0.6) is 5.75 Å². The lowest BCUT2D eigenvalue weighted by molar-refractivity contribution is 0.0974. The summed E-state index contributed by atoms with van der Waals surface area (Å²) in [4.78, 5) is 24.5. The highest BCUT2D eigenvalue weighted by Gasteiger charge is 2.23. The number of carbonyl (C=O) groups is 1. The molecule has 24 heavy (non-hydrogen) atoms. The number of carbonyl (C=O) groups excluding carboxylic acids is 1. The Morgan fingerprint density at radius 2 is 2.25 bits per heavy atom. The molecule has 0 fully saturated rings. The molecule has 1 aliphatic rings. The number of pyridine rings is 1. The smallest absolute Gasteiger partial charge is 0.261 e. The van der Waals surface area contributed by atoms with E-state index in [1.165, 1.54) is 12.1 Å². The Kier molecular flexibility index (Phi) is 4.12. The van der Waals surface area contributed by atoms with Crippen LogP contribution in [0.2, 0.25) is 0 Å². The van der Waals surface area contributed by atoms with Gasteiger partial charge in [0, 0.05) is 24.0 Å². The number of hydrogen-bond donors (Lipinski definition) is 3. The van der Waals surface area contributed by atoms with Gasteiger partial charge < -0.3 is 10.4 Å². The first-order chi connectivity index (χ1) is 11.6. The number of aromatic hydroxyl groups is 1. The van der Waals surface area contributed by atoms with Gasteiger partial charge in [0.25, 0.3) is 5.91 Å². The van der Waals surface area contributed by atoms with E-state index in [0.717, 1.165) is 0 Å². The molecular formula is C17H15N5O2. The largest absolute Gasteiger partial charge is 0.507 e. The molecule has 0 spiro atoms. The van der Waals surface area contributed by atoms with Gasteiger partial charge in [-0.2, -0.15) is 0 Å². The van der Waals surface area contributed by atoms with E-state index in [1.54, 1.807) is 25.3 Å². The van der Waals surface area contributed by atoms with E-state index in [-0.39, 0.29) is 17.0 Å². The summed E-state index contributed by atoms with van der Waals surface area (Å²) in [6, 6.07) is 6.34. The Labute approximate surface area is 138 Å². The molecule has 1 aliphatic heterocycles. The van der Waals surface area contributed by atoms with Gasteiger partial charge in [0.1, 0.15) is 5.75 Å². The minimum absolute atomic E-state index is 0.0380. The molecule has 1 aromatic carbocycles. The average molecular weight is 321 g/mol. The molecule has 7 nitrogen and oxygen atoms in total. The lowest BCUT2D eigenvalue weighted by Crippen LogP contribution is -2.38. The van der Waals surface area contributed by atoms with Gasteiger partial charge in [0.2, 0.25) is 0 Å². The van der Waals surface area contributed by atoms with Crippen LogP contribution in [-0.2, 0) is 0 Å². The van der Waals surface area contributed by atoms with Crippen molar-refractivity contribution in [1.29, 1.82) is 0 Å². The summed E-state index contributed by atoms with van der Waals surface area (Å²) in [5.74, 6) is -0.359. The second-order valence-corrected chi connectivity index (χ2v) is 5.21. The first-order valence-corrected chi connectivity index (χ1v) is 7.37. The topological polar surface area (TPSA) is 91.0 Å². The third kappa shape index (κ3) is 2.77. The molecule has 0 saturated heterocycles. The highest BCUT2D eigenvalue weighted by molar-refractivity contribution is 6.13. The van der Waals surface area contributed by atoms with Crippen molar-refractivity contribution in [1.82, 2.24) is 15.6 Å². The summed E-state index contributed by atoms with van der Waals surface area (Å²) >= 11 is 0. The molecule has 0 radical (unpaired) electrons. The molecule has 0 unspecified atom stereocenters. The number of phenols is 1. The fourth-order valence-electron chi connectivity index (χ4n) is 2.58. The highest BCUT2D eigenvalue weighted by atomic mass is 16.3. The molecule has 3 N–H and O–H groups in total. The Balaban J connectivity index is 2.16. The van der Waals surface area contributed by atoms with E-state index in [2.05, 4.69) is 25.5 Å². The number of phenolic OH excluding ortho intramolecular Hbond substituents is 1. The van der Waals surface area contributed by atoms with E-state index in [9.17, 15) is 9.90 Å². The molecule has 3 rings (SSSR count). The quantitative estimate of drug-likeness (QED) is 0.738. The summed E-state index contributed by atoms with van der Waals surface area (Å²) in [6.07, 6.45) is 1.63. The number of rotatable bonds is 2. The first kappa shape index (κ1) is 15.5. The minimum atomic E-state index is -0.524. The third-order valence-electron chi connectivity index (χ3n) is 3.69. The van der Waals surface area contributed by atoms with Crippen molar-refractivity contribution in [2.75, 3.05) is 13.1 Å². The van der Waals surface area contributed by atoms with Crippen LogP contribution in [0.3, 0.4) is 0 Å². The lowest BCUT2D eigenvalue weighted by atomic mass is 9.95. The van der Waals surface area contributed by atoms with Gasteiger partial charge >= 0.3 is 0 Å². The number of hydrogen-bond acceptors (Lipinski definition) is 5. The Morgan fingerprint density at radius 1 is 1.42 bits per heavy atom. The van der Waals surface area contributed by atoms with E-state index >= 15 is 0 Å². The van der Waals surface area contributed by atoms with Crippen LogP contribution >= 0.6 is 0 Å². The molecule has 0 aliphatic carbocycles. The van der Waals surface area contributed by atoms with Crippen molar-refractivity contribution in [3.63, 3.8) is 0 Å². The van der Waals surface area contributed by atoms with Gasteiger partial charge in [-0.25, -0.2) is 4.85 Å². The maximum atomic E-state index is 12.7. The average Bonchev–Trinajstić information content (AvgIpc) is 3.08. The van der Waals surface area contributed by atoms with Gasteiger partial charge in [-0.05, 0) is 24.6 Å². The van der Waals surface area contributed by atoms with Crippen LogP contribution in [0.1, 0.15) is 16.1 Å².